The monoisotopic (exact) mass is 202 g/mol. The number of aliphatic hydroxyl groups excluding tert-OH is 2. The smallest absolute Gasteiger partial charge is 0.0570 e. The Bertz CT molecular complexity index is 121. The zero-order chi connectivity index (χ0) is 11.0. The molecule has 2 heteroatoms. The van der Waals surface area contributed by atoms with E-state index < -0.39 is 0 Å². The second-order valence-corrected chi connectivity index (χ2v) is 4.17. The molecule has 86 valence electrons. The highest BCUT2D eigenvalue weighted by Crippen LogP contribution is 2.22. The number of aliphatic hydroxyl groups is 2. The van der Waals surface area contributed by atoms with Gasteiger partial charge in [-0.3, -0.25) is 0 Å². The van der Waals surface area contributed by atoms with E-state index in [2.05, 4.69) is 20.8 Å². The molecule has 14 heavy (non-hydrogen) atoms. The van der Waals surface area contributed by atoms with E-state index in [4.69, 9.17) is 5.11 Å². The van der Waals surface area contributed by atoms with E-state index in [0.29, 0.717) is 11.8 Å². The minimum atomic E-state index is -0.179. The molecule has 0 aliphatic carbocycles. The lowest BCUT2D eigenvalue weighted by atomic mass is 9.87. The Hall–Kier alpha value is -0.0800. The summed E-state index contributed by atoms with van der Waals surface area (Å²) in [6, 6.07) is 0. The molecule has 2 N–H and O–H groups in total. The van der Waals surface area contributed by atoms with Gasteiger partial charge < -0.3 is 10.2 Å². The van der Waals surface area contributed by atoms with Crippen LogP contribution < -0.4 is 0 Å². The first-order valence-corrected chi connectivity index (χ1v) is 5.98. The van der Waals surface area contributed by atoms with E-state index >= 15 is 0 Å². The Balaban J connectivity index is 3.92. The summed E-state index contributed by atoms with van der Waals surface area (Å²) in [6.07, 6.45) is 4.65. The molecule has 0 aliphatic rings. The van der Waals surface area contributed by atoms with E-state index in [1.807, 2.05) is 0 Å². The quantitative estimate of drug-likeness (QED) is 0.635. The van der Waals surface area contributed by atoms with Crippen molar-refractivity contribution in [1.82, 2.24) is 0 Å². The van der Waals surface area contributed by atoms with E-state index in [1.54, 1.807) is 0 Å². The Morgan fingerprint density at radius 3 is 1.93 bits per heavy atom. The molecule has 0 rings (SSSR count). The highest BCUT2D eigenvalue weighted by molar-refractivity contribution is 4.70. The summed E-state index contributed by atoms with van der Waals surface area (Å²) in [5.41, 5.74) is 0. The van der Waals surface area contributed by atoms with Gasteiger partial charge in [0.05, 0.1) is 6.10 Å². The minimum absolute atomic E-state index is 0.179. The van der Waals surface area contributed by atoms with Crippen LogP contribution >= 0.6 is 0 Å². The molecule has 0 aromatic rings. The first kappa shape index (κ1) is 13.9. The van der Waals surface area contributed by atoms with Crippen LogP contribution in [-0.4, -0.2) is 22.9 Å². The first-order chi connectivity index (χ1) is 6.69. The van der Waals surface area contributed by atoms with Crippen molar-refractivity contribution in [2.24, 2.45) is 11.8 Å². The van der Waals surface area contributed by atoms with Gasteiger partial charge in [-0.25, -0.2) is 0 Å². The summed E-state index contributed by atoms with van der Waals surface area (Å²) in [5, 5.41) is 18.8. The summed E-state index contributed by atoms with van der Waals surface area (Å²) < 4.78 is 0. The van der Waals surface area contributed by atoms with Crippen molar-refractivity contribution in [3.05, 3.63) is 0 Å². The highest BCUT2D eigenvalue weighted by Gasteiger charge is 2.19. The van der Waals surface area contributed by atoms with Crippen LogP contribution in [-0.2, 0) is 0 Å². The molecule has 2 unspecified atom stereocenters. The van der Waals surface area contributed by atoms with Gasteiger partial charge in [-0.05, 0) is 24.7 Å². The molecule has 0 saturated carbocycles. The standard InChI is InChI=1S/C12H26O2/c1-4-10(7-8-13)9-12(14)11(5-2)6-3/h10-14H,4-9H2,1-3H3. The largest absolute Gasteiger partial charge is 0.396 e. The van der Waals surface area contributed by atoms with Gasteiger partial charge in [0.15, 0.2) is 0 Å². The van der Waals surface area contributed by atoms with Crippen LogP contribution in [0.5, 0.6) is 0 Å². The molecule has 0 aromatic carbocycles. The average Bonchev–Trinajstić information content (AvgIpc) is 2.19. The zero-order valence-electron chi connectivity index (χ0n) is 9.87. The molecule has 0 heterocycles. The topological polar surface area (TPSA) is 40.5 Å². The maximum Gasteiger partial charge on any atom is 0.0570 e. The number of hydrogen-bond acceptors (Lipinski definition) is 2. The normalized spacial score (nSPS) is 15.9. The van der Waals surface area contributed by atoms with E-state index in [1.165, 1.54) is 0 Å². The van der Waals surface area contributed by atoms with Gasteiger partial charge in [-0.15, -0.1) is 0 Å². The average molecular weight is 202 g/mol. The molecule has 0 aromatic heterocycles. The Morgan fingerprint density at radius 1 is 1.00 bits per heavy atom. The molecular weight excluding hydrogens is 176 g/mol. The van der Waals surface area contributed by atoms with E-state index in [-0.39, 0.29) is 12.7 Å². The second-order valence-electron chi connectivity index (χ2n) is 4.17. The summed E-state index contributed by atoms with van der Waals surface area (Å²) >= 11 is 0. The van der Waals surface area contributed by atoms with Crippen LogP contribution in [0.3, 0.4) is 0 Å². The van der Waals surface area contributed by atoms with Gasteiger partial charge in [-0.2, -0.15) is 0 Å². The lowest BCUT2D eigenvalue weighted by Crippen LogP contribution is -2.23. The van der Waals surface area contributed by atoms with Crippen molar-refractivity contribution in [2.45, 2.75) is 59.0 Å². The molecule has 0 amide bonds. The van der Waals surface area contributed by atoms with E-state index in [9.17, 15) is 5.11 Å². The van der Waals surface area contributed by atoms with Crippen molar-refractivity contribution in [1.29, 1.82) is 0 Å². The fourth-order valence-electron chi connectivity index (χ4n) is 2.04. The van der Waals surface area contributed by atoms with Crippen LogP contribution in [0.15, 0.2) is 0 Å². The molecule has 0 radical (unpaired) electrons. The highest BCUT2D eigenvalue weighted by atomic mass is 16.3. The molecule has 0 fully saturated rings. The summed E-state index contributed by atoms with van der Waals surface area (Å²) in [7, 11) is 0. The molecule has 0 bridgehead atoms. The van der Waals surface area contributed by atoms with Gasteiger partial charge in [0, 0.05) is 6.61 Å². The molecule has 0 spiro atoms. The Morgan fingerprint density at radius 2 is 1.57 bits per heavy atom. The van der Waals surface area contributed by atoms with Gasteiger partial charge in [-0.1, -0.05) is 40.0 Å². The van der Waals surface area contributed by atoms with Crippen molar-refractivity contribution < 1.29 is 10.2 Å². The third-order valence-electron chi connectivity index (χ3n) is 3.28. The lowest BCUT2D eigenvalue weighted by molar-refractivity contribution is 0.0713. The van der Waals surface area contributed by atoms with E-state index in [0.717, 1.165) is 32.1 Å². The van der Waals surface area contributed by atoms with Gasteiger partial charge in [0.2, 0.25) is 0 Å². The van der Waals surface area contributed by atoms with Crippen molar-refractivity contribution in [2.75, 3.05) is 6.61 Å². The molecule has 0 saturated heterocycles. The molecular formula is C12H26O2. The minimum Gasteiger partial charge on any atom is -0.396 e. The van der Waals surface area contributed by atoms with Gasteiger partial charge >= 0.3 is 0 Å². The van der Waals surface area contributed by atoms with Crippen molar-refractivity contribution in [3.63, 3.8) is 0 Å². The predicted molar refractivity (Wildman–Crippen MR) is 60.2 cm³/mol. The summed E-state index contributed by atoms with van der Waals surface area (Å²) in [6.45, 7) is 6.63. The molecule has 2 nitrogen and oxygen atoms in total. The predicted octanol–water partition coefficient (Wildman–Crippen LogP) is 2.58. The van der Waals surface area contributed by atoms with Crippen LogP contribution in [0.1, 0.15) is 52.9 Å². The Kier molecular flexibility index (Phi) is 8.20. The maximum absolute atomic E-state index is 9.96. The number of hydrogen-bond donors (Lipinski definition) is 2. The van der Waals surface area contributed by atoms with Crippen LogP contribution in [0.2, 0.25) is 0 Å². The van der Waals surface area contributed by atoms with Gasteiger partial charge in [0.25, 0.3) is 0 Å². The van der Waals surface area contributed by atoms with Crippen LogP contribution in [0.4, 0.5) is 0 Å². The number of rotatable bonds is 8. The maximum atomic E-state index is 9.96. The molecule has 2 atom stereocenters. The zero-order valence-corrected chi connectivity index (χ0v) is 9.87. The van der Waals surface area contributed by atoms with Crippen molar-refractivity contribution in [3.8, 4) is 0 Å². The van der Waals surface area contributed by atoms with Gasteiger partial charge in [0.1, 0.15) is 0 Å². The Labute approximate surface area is 88.3 Å². The third kappa shape index (κ3) is 4.97. The van der Waals surface area contributed by atoms with Crippen LogP contribution in [0, 0.1) is 11.8 Å². The SMILES string of the molecule is CCC(CCO)CC(O)C(CC)CC. The second kappa shape index (κ2) is 8.25. The first-order valence-electron chi connectivity index (χ1n) is 5.98. The summed E-state index contributed by atoms with van der Waals surface area (Å²) in [4.78, 5) is 0. The van der Waals surface area contributed by atoms with Crippen LogP contribution in [0.25, 0.3) is 0 Å². The molecule has 0 aliphatic heterocycles. The summed E-state index contributed by atoms with van der Waals surface area (Å²) in [5.74, 6) is 0.915. The lowest BCUT2D eigenvalue weighted by Gasteiger charge is -2.24. The fourth-order valence-corrected chi connectivity index (χ4v) is 2.04. The van der Waals surface area contributed by atoms with Crippen molar-refractivity contribution >= 4 is 0 Å². The third-order valence-corrected chi connectivity index (χ3v) is 3.28. The fraction of sp³-hybridized carbons (Fsp3) is 1.00.